The number of carbonyl (C=O) groups is 4. The predicted octanol–water partition coefficient (Wildman–Crippen LogP) is 4.39. The SMILES string of the molecule is O=C(NO)C(NC(=O)[C@H](CCc1ccccc1)NC(=O)[C@@H]1CSCN1C(=O)OCc1ccccc1)c1cc2ccccc2s1. The zero-order valence-corrected chi connectivity index (χ0v) is 25.3. The average Bonchev–Trinajstić information content (AvgIpc) is 3.73. The topological polar surface area (TPSA) is 137 Å². The smallest absolute Gasteiger partial charge is 0.411 e. The molecule has 3 atom stereocenters. The van der Waals surface area contributed by atoms with Crippen molar-refractivity contribution in [3.8, 4) is 0 Å². The first-order valence-electron chi connectivity index (χ1n) is 14.0. The van der Waals surface area contributed by atoms with Crippen molar-refractivity contribution in [2.45, 2.75) is 37.6 Å². The number of ether oxygens (including phenoxy) is 1. The van der Waals surface area contributed by atoms with Crippen molar-refractivity contribution in [1.29, 1.82) is 0 Å². The number of benzene rings is 3. The summed E-state index contributed by atoms with van der Waals surface area (Å²) in [6, 6.07) is 25.0. The van der Waals surface area contributed by atoms with Crippen LogP contribution >= 0.6 is 23.1 Å². The van der Waals surface area contributed by atoms with Gasteiger partial charge in [0.15, 0.2) is 0 Å². The summed E-state index contributed by atoms with van der Waals surface area (Å²) < 4.78 is 6.38. The fourth-order valence-corrected chi connectivity index (χ4v) is 7.11. The first-order valence-corrected chi connectivity index (χ1v) is 16.0. The normalized spacial score (nSPS) is 15.8. The molecule has 44 heavy (non-hydrogen) atoms. The van der Waals surface area contributed by atoms with E-state index in [9.17, 15) is 24.4 Å². The molecule has 0 aliphatic carbocycles. The quantitative estimate of drug-likeness (QED) is 0.142. The summed E-state index contributed by atoms with van der Waals surface area (Å²) in [4.78, 5) is 54.8. The molecule has 1 fully saturated rings. The maximum atomic E-state index is 13.7. The largest absolute Gasteiger partial charge is 0.445 e. The van der Waals surface area contributed by atoms with Crippen molar-refractivity contribution in [3.05, 3.63) is 107 Å². The fraction of sp³-hybridized carbons (Fsp3) is 0.250. The monoisotopic (exact) mass is 632 g/mol. The van der Waals surface area contributed by atoms with Crippen LogP contribution in [0.1, 0.15) is 28.5 Å². The van der Waals surface area contributed by atoms with Gasteiger partial charge in [0, 0.05) is 15.3 Å². The Bertz CT molecular complexity index is 1570. The molecule has 1 aliphatic heterocycles. The molecule has 1 aromatic heterocycles. The van der Waals surface area contributed by atoms with E-state index in [4.69, 9.17) is 4.74 Å². The Kier molecular flexibility index (Phi) is 10.5. The number of hydroxylamine groups is 1. The maximum absolute atomic E-state index is 13.7. The lowest BCUT2D eigenvalue weighted by Gasteiger charge is -2.26. The third-order valence-corrected chi connectivity index (χ3v) is 9.40. The second-order valence-electron chi connectivity index (χ2n) is 10.2. The van der Waals surface area contributed by atoms with Crippen LogP contribution in [0.15, 0.2) is 91.0 Å². The molecule has 4 amide bonds. The summed E-state index contributed by atoms with van der Waals surface area (Å²) in [7, 11) is 0. The van der Waals surface area contributed by atoms with Crippen molar-refractivity contribution in [2.24, 2.45) is 0 Å². The van der Waals surface area contributed by atoms with E-state index in [2.05, 4.69) is 10.6 Å². The Balaban J connectivity index is 1.31. The summed E-state index contributed by atoms with van der Waals surface area (Å²) in [5.41, 5.74) is 3.44. The van der Waals surface area contributed by atoms with Crippen LogP contribution in [0, 0.1) is 0 Å². The Morgan fingerprint density at radius 1 is 0.886 bits per heavy atom. The van der Waals surface area contributed by atoms with Gasteiger partial charge < -0.3 is 15.4 Å². The highest BCUT2D eigenvalue weighted by molar-refractivity contribution is 7.99. The molecule has 3 aromatic carbocycles. The summed E-state index contributed by atoms with van der Waals surface area (Å²) in [6.07, 6.45) is 0.0924. The van der Waals surface area contributed by atoms with Crippen LogP contribution in [-0.2, 0) is 32.1 Å². The second kappa shape index (κ2) is 14.9. The first kappa shape index (κ1) is 31.0. The number of nitrogens with zero attached hydrogens (tertiary/aromatic N) is 1. The molecule has 0 bridgehead atoms. The number of hydrogen-bond donors (Lipinski definition) is 4. The van der Waals surface area contributed by atoms with E-state index in [1.807, 2.05) is 84.9 Å². The van der Waals surface area contributed by atoms with Crippen LogP contribution < -0.4 is 16.1 Å². The van der Waals surface area contributed by atoms with Crippen LogP contribution in [0.4, 0.5) is 4.79 Å². The lowest BCUT2D eigenvalue weighted by Crippen LogP contribution is -2.55. The summed E-state index contributed by atoms with van der Waals surface area (Å²) in [6.45, 7) is 0.0727. The highest BCUT2D eigenvalue weighted by atomic mass is 32.2. The minimum absolute atomic E-state index is 0.0727. The summed E-state index contributed by atoms with van der Waals surface area (Å²) >= 11 is 2.73. The van der Waals surface area contributed by atoms with E-state index in [0.717, 1.165) is 21.2 Å². The Hall–Kier alpha value is -4.39. The molecule has 4 N–H and O–H groups in total. The van der Waals surface area contributed by atoms with Gasteiger partial charge in [0.1, 0.15) is 24.7 Å². The Morgan fingerprint density at radius 2 is 1.57 bits per heavy atom. The molecule has 5 rings (SSSR count). The zero-order chi connectivity index (χ0) is 30.9. The number of aryl methyl sites for hydroxylation is 1. The molecular formula is C32H32N4O6S2. The molecule has 12 heteroatoms. The molecule has 0 spiro atoms. The Morgan fingerprint density at radius 3 is 2.27 bits per heavy atom. The van der Waals surface area contributed by atoms with Gasteiger partial charge in [-0.3, -0.25) is 24.5 Å². The molecule has 10 nitrogen and oxygen atoms in total. The molecule has 2 heterocycles. The van der Waals surface area contributed by atoms with Gasteiger partial charge in [-0.05, 0) is 41.5 Å². The van der Waals surface area contributed by atoms with E-state index in [1.165, 1.54) is 28.0 Å². The summed E-state index contributed by atoms with van der Waals surface area (Å²) in [5.74, 6) is -1.28. The molecular weight excluding hydrogens is 601 g/mol. The molecule has 228 valence electrons. The van der Waals surface area contributed by atoms with Crippen molar-refractivity contribution >= 4 is 57.0 Å². The van der Waals surface area contributed by atoms with Crippen LogP contribution in [0.5, 0.6) is 0 Å². The van der Waals surface area contributed by atoms with Crippen molar-refractivity contribution in [3.63, 3.8) is 0 Å². The maximum Gasteiger partial charge on any atom is 0.411 e. The fourth-order valence-electron chi connectivity index (χ4n) is 4.85. The van der Waals surface area contributed by atoms with E-state index in [0.29, 0.717) is 17.1 Å². The molecule has 1 saturated heterocycles. The van der Waals surface area contributed by atoms with Crippen LogP contribution in [0.25, 0.3) is 10.1 Å². The van der Waals surface area contributed by atoms with E-state index in [-0.39, 0.29) is 18.9 Å². The number of amides is 4. The van der Waals surface area contributed by atoms with Crippen LogP contribution in [0.3, 0.4) is 0 Å². The number of fused-ring (bicyclic) bond motifs is 1. The number of rotatable bonds is 11. The molecule has 1 unspecified atom stereocenters. The number of hydrogen-bond acceptors (Lipinski definition) is 8. The van der Waals surface area contributed by atoms with E-state index < -0.39 is 41.9 Å². The predicted molar refractivity (Wildman–Crippen MR) is 169 cm³/mol. The second-order valence-corrected chi connectivity index (χ2v) is 12.3. The highest BCUT2D eigenvalue weighted by Crippen LogP contribution is 2.30. The van der Waals surface area contributed by atoms with Gasteiger partial charge in [0.2, 0.25) is 11.8 Å². The minimum atomic E-state index is -1.19. The van der Waals surface area contributed by atoms with Crippen molar-refractivity contribution < 1.29 is 29.1 Å². The molecule has 0 radical (unpaired) electrons. The van der Waals surface area contributed by atoms with Gasteiger partial charge in [-0.15, -0.1) is 23.1 Å². The van der Waals surface area contributed by atoms with Gasteiger partial charge in [0.05, 0.1) is 5.88 Å². The first-order chi connectivity index (χ1) is 21.4. The van der Waals surface area contributed by atoms with Gasteiger partial charge in [-0.2, -0.15) is 0 Å². The Labute approximate surface area is 262 Å². The van der Waals surface area contributed by atoms with E-state index in [1.54, 1.807) is 11.5 Å². The highest BCUT2D eigenvalue weighted by Gasteiger charge is 2.38. The number of nitrogens with one attached hydrogen (secondary N) is 3. The van der Waals surface area contributed by atoms with Gasteiger partial charge in [-0.1, -0.05) is 78.9 Å². The van der Waals surface area contributed by atoms with Crippen molar-refractivity contribution in [2.75, 3.05) is 11.6 Å². The van der Waals surface area contributed by atoms with Crippen LogP contribution in [0.2, 0.25) is 0 Å². The van der Waals surface area contributed by atoms with Gasteiger partial charge in [0.25, 0.3) is 5.91 Å². The van der Waals surface area contributed by atoms with E-state index >= 15 is 0 Å². The van der Waals surface area contributed by atoms with Crippen molar-refractivity contribution in [1.82, 2.24) is 21.0 Å². The molecule has 0 saturated carbocycles. The van der Waals surface area contributed by atoms with Gasteiger partial charge >= 0.3 is 6.09 Å². The number of thiophene rings is 1. The minimum Gasteiger partial charge on any atom is -0.445 e. The van der Waals surface area contributed by atoms with Crippen LogP contribution in [-0.4, -0.2) is 57.6 Å². The summed E-state index contributed by atoms with van der Waals surface area (Å²) in [5, 5.41) is 15.9. The van der Waals surface area contributed by atoms with Gasteiger partial charge in [-0.25, -0.2) is 10.3 Å². The average molecular weight is 633 g/mol. The third kappa shape index (κ3) is 7.76. The zero-order valence-electron chi connectivity index (χ0n) is 23.7. The molecule has 4 aromatic rings. The lowest BCUT2D eigenvalue weighted by molar-refractivity contribution is -0.136. The molecule has 1 aliphatic rings. The lowest BCUT2D eigenvalue weighted by atomic mass is 10.0. The number of carbonyl (C=O) groups excluding carboxylic acids is 4. The standard InChI is InChI=1S/C32H32N4O6S2/c37-29(34-28(31(39)35-41)27-17-23-13-7-8-14-26(23)44-27)24(16-15-21-9-3-1-4-10-21)33-30(38)25-19-43-20-36(25)32(40)42-18-22-11-5-2-6-12-22/h1-14,17,24-25,28,41H,15-16,18-20H2,(H,33,38)(H,34,37)(H,35,39)/t24-,25-,28?/m0/s1. The third-order valence-electron chi connectivity index (χ3n) is 7.21. The number of thioether (sulfide) groups is 1.